The molecule has 96 valence electrons. The molecule has 0 N–H and O–H groups in total. The van der Waals surface area contributed by atoms with Crippen molar-refractivity contribution in [3.8, 4) is 6.07 Å². The van der Waals surface area contributed by atoms with E-state index in [0.29, 0.717) is 18.4 Å². The lowest BCUT2D eigenvalue weighted by Crippen LogP contribution is -2.27. The van der Waals surface area contributed by atoms with Gasteiger partial charge in [0.25, 0.3) is 0 Å². The van der Waals surface area contributed by atoms with Crippen molar-refractivity contribution in [3.63, 3.8) is 0 Å². The standard InChI is InChI=1S/C14H20N4/c1-10(11-4-2-5-11)18-14(12-6-3-7-12)13(8-9-15)16-17-18/h10-12H,2-8H2,1H3. The molecule has 0 saturated heterocycles. The minimum absolute atomic E-state index is 0.406. The minimum atomic E-state index is 0.406. The largest absolute Gasteiger partial charge is 0.246 e. The van der Waals surface area contributed by atoms with Crippen molar-refractivity contribution in [1.82, 2.24) is 15.0 Å². The Kier molecular flexibility index (Phi) is 3.07. The van der Waals surface area contributed by atoms with Crippen molar-refractivity contribution in [2.75, 3.05) is 0 Å². The molecule has 1 aromatic heterocycles. The molecule has 1 atom stereocenters. The molecule has 0 amide bonds. The van der Waals surface area contributed by atoms with Gasteiger partial charge in [0.15, 0.2) is 0 Å². The van der Waals surface area contributed by atoms with Crippen molar-refractivity contribution >= 4 is 0 Å². The molecule has 0 aliphatic heterocycles. The van der Waals surface area contributed by atoms with Gasteiger partial charge in [0.2, 0.25) is 0 Å². The first-order valence-corrected chi connectivity index (χ1v) is 7.12. The number of hydrogen-bond donors (Lipinski definition) is 0. The van der Waals surface area contributed by atoms with Crippen LogP contribution in [0.1, 0.15) is 68.8 Å². The molecule has 2 saturated carbocycles. The highest BCUT2D eigenvalue weighted by Crippen LogP contribution is 2.42. The molecule has 1 unspecified atom stereocenters. The average molecular weight is 244 g/mol. The molecule has 4 nitrogen and oxygen atoms in total. The molecule has 0 aromatic carbocycles. The Bertz CT molecular complexity index is 463. The Labute approximate surface area is 108 Å². The summed E-state index contributed by atoms with van der Waals surface area (Å²) in [7, 11) is 0. The van der Waals surface area contributed by atoms with Crippen molar-refractivity contribution in [1.29, 1.82) is 5.26 Å². The van der Waals surface area contributed by atoms with E-state index in [-0.39, 0.29) is 0 Å². The summed E-state index contributed by atoms with van der Waals surface area (Å²) in [4.78, 5) is 0. The van der Waals surface area contributed by atoms with E-state index >= 15 is 0 Å². The van der Waals surface area contributed by atoms with Gasteiger partial charge >= 0.3 is 0 Å². The molecule has 1 heterocycles. The van der Waals surface area contributed by atoms with Crippen molar-refractivity contribution < 1.29 is 0 Å². The molecule has 4 heteroatoms. The van der Waals surface area contributed by atoms with Gasteiger partial charge in [0, 0.05) is 5.92 Å². The third-order valence-electron chi connectivity index (χ3n) is 4.76. The lowest BCUT2D eigenvalue weighted by Gasteiger charge is -2.34. The van der Waals surface area contributed by atoms with Crippen LogP contribution in [-0.2, 0) is 6.42 Å². The first-order valence-electron chi connectivity index (χ1n) is 7.12. The number of hydrogen-bond acceptors (Lipinski definition) is 3. The summed E-state index contributed by atoms with van der Waals surface area (Å²) in [5.74, 6) is 1.37. The van der Waals surface area contributed by atoms with E-state index in [1.807, 2.05) is 0 Å². The predicted molar refractivity (Wildman–Crippen MR) is 68.0 cm³/mol. The van der Waals surface area contributed by atoms with Gasteiger partial charge in [-0.15, -0.1) is 5.10 Å². The number of nitrogens with zero attached hydrogens (tertiary/aromatic N) is 4. The maximum atomic E-state index is 8.90. The van der Waals surface area contributed by atoms with Gasteiger partial charge in [0.1, 0.15) is 5.69 Å². The average Bonchev–Trinajstić information content (AvgIpc) is 2.58. The summed E-state index contributed by atoms with van der Waals surface area (Å²) in [6.07, 6.45) is 8.18. The lowest BCUT2D eigenvalue weighted by molar-refractivity contribution is 0.199. The first kappa shape index (κ1) is 11.7. The topological polar surface area (TPSA) is 54.5 Å². The minimum Gasteiger partial charge on any atom is -0.246 e. The van der Waals surface area contributed by atoms with E-state index in [4.69, 9.17) is 5.26 Å². The van der Waals surface area contributed by atoms with Crippen molar-refractivity contribution in [2.24, 2.45) is 5.92 Å². The highest BCUT2D eigenvalue weighted by atomic mass is 15.4. The highest BCUT2D eigenvalue weighted by Gasteiger charge is 2.32. The second-order valence-corrected chi connectivity index (χ2v) is 5.76. The molecule has 1 aromatic rings. The number of nitriles is 1. The molecule has 0 spiro atoms. The third kappa shape index (κ3) is 1.82. The van der Waals surface area contributed by atoms with Crippen LogP contribution in [0, 0.1) is 17.2 Å². The van der Waals surface area contributed by atoms with Crippen LogP contribution in [0.15, 0.2) is 0 Å². The van der Waals surface area contributed by atoms with Crippen LogP contribution in [0.2, 0.25) is 0 Å². The predicted octanol–water partition coefficient (Wildman–Crippen LogP) is 2.97. The summed E-state index contributed by atoms with van der Waals surface area (Å²) in [5.41, 5.74) is 2.19. The maximum Gasteiger partial charge on any atom is 0.100 e. The van der Waals surface area contributed by atoms with Crippen LogP contribution < -0.4 is 0 Å². The summed E-state index contributed by atoms with van der Waals surface area (Å²) >= 11 is 0. The highest BCUT2D eigenvalue weighted by molar-refractivity contribution is 5.21. The second kappa shape index (κ2) is 4.72. The van der Waals surface area contributed by atoms with Gasteiger partial charge in [-0.1, -0.05) is 18.1 Å². The maximum absolute atomic E-state index is 8.90. The molecule has 2 aliphatic carbocycles. The Morgan fingerprint density at radius 1 is 1.33 bits per heavy atom. The summed E-state index contributed by atoms with van der Waals surface area (Å²) in [6, 6.07) is 2.67. The van der Waals surface area contributed by atoms with Gasteiger partial charge < -0.3 is 0 Å². The van der Waals surface area contributed by atoms with Crippen LogP contribution in [0.4, 0.5) is 0 Å². The zero-order valence-electron chi connectivity index (χ0n) is 11.0. The lowest BCUT2D eigenvalue weighted by atomic mass is 9.78. The zero-order chi connectivity index (χ0) is 12.5. The summed E-state index contributed by atoms with van der Waals surface area (Å²) in [5, 5.41) is 17.5. The Hall–Kier alpha value is -1.37. The van der Waals surface area contributed by atoms with E-state index < -0.39 is 0 Å². The van der Waals surface area contributed by atoms with Gasteiger partial charge in [-0.25, -0.2) is 4.68 Å². The smallest absolute Gasteiger partial charge is 0.100 e. The van der Waals surface area contributed by atoms with Crippen LogP contribution in [-0.4, -0.2) is 15.0 Å². The molecule has 2 fully saturated rings. The fourth-order valence-electron chi connectivity index (χ4n) is 3.06. The van der Waals surface area contributed by atoms with Gasteiger partial charge in [-0.2, -0.15) is 5.26 Å². The third-order valence-corrected chi connectivity index (χ3v) is 4.76. The van der Waals surface area contributed by atoms with E-state index in [9.17, 15) is 0 Å². The monoisotopic (exact) mass is 244 g/mol. The molecule has 2 aliphatic rings. The zero-order valence-corrected chi connectivity index (χ0v) is 11.0. The quantitative estimate of drug-likeness (QED) is 0.818. The number of aromatic nitrogens is 3. The van der Waals surface area contributed by atoms with Crippen LogP contribution in [0.3, 0.4) is 0 Å². The van der Waals surface area contributed by atoms with E-state index in [2.05, 4.69) is 28.0 Å². The first-order chi connectivity index (χ1) is 8.81. The van der Waals surface area contributed by atoms with Crippen LogP contribution in [0.25, 0.3) is 0 Å². The molecule has 3 rings (SSSR count). The molecule has 0 bridgehead atoms. The fraction of sp³-hybridized carbons (Fsp3) is 0.786. The van der Waals surface area contributed by atoms with Gasteiger partial charge in [-0.05, 0) is 38.5 Å². The summed E-state index contributed by atoms with van der Waals surface area (Å²) in [6.45, 7) is 2.26. The Morgan fingerprint density at radius 2 is 2.06 bits per heavy atom. The normalized spacial score (nSPS) is 22.0. The van der Waals surface area contributed by atoms with Gasteiger partial charge in [-0.3, -0.25) is 0 Å². The number of rotatable bonds is 4. The van der Waals surface area contributed by atoms with Gasteiger partial charge in [0.05, 0.1) is 24.2 Å². The van der Waals surface area contributed by atoms with Crippen LogP contribution >= 0.6 is 0 Å². The van der Waals surface area contributed by atoms with Crippen molar-refractivity contribution in [3.05, 3.63) is 11.4 Å². The molecule has 18 heavy (non-hydrogen) atoms. The summed E-state index contributed by atoms with van der Waals surface area (Å²) < 4.78 is 2.14. The van der Waals surface area contributed by atoms with E-state index in [0.717, 1.165) is 11.6 Å². The fourth-order valence-corrected chi connectivity index (χ4v) is 3.06. The van der Waals surface area contributed by atoms with E-state index in [1.54, 1.807) is 0 Å². The Balaban J connectivity index is 1.90. The Morgan fingerprint density at radius 3 is 2.56 bits per heavy atom. The molecular weight excluding hydrogens is 224 g/mol. The SMILES string of the molecule is CC(C1CCC1)n1nnc(CC#N)c1C1CCC1. The second-order valence-electron chi connectivity index (χ2n) is 5.76. The molecule has 0 radical (unpaired) electrons. The van der Waals surface area contributed by atoms with E-state index in [1.165, 1.54) is 44.2 Å². The molecular formula is C14H20N4. The van der Waals surface area contributed by atoms with Crippen molar-refractivity contribution in [2.45, 2.75) is 63.8 Å². The van der Waals surface area contributed by atoms with Crippen LogP contribution in [0.5, 0.6) is 0 Å².